The van der Waals surface area contributed by atoms with Gasteiger partial charge in [0.05, 0.1) is 6.21 Å². The Balaban J connectivity index is 1.93. The molecule has 0 aliphatic heterocycles. The first-order valence-corrected chi connectivity index (χ1v) is 7.85. The number of hydrazone groups is 1. The third-order valence-corrected chi connectivity index (χ3v) is 3.48. The molecule has 0 unspecified atom stereocenters. The number of halogens is 3. The molecule has 0 saturated carbocycles. The maximum absolute atomic E-state index is 11.7. The molecule has 0 fully saturated rings. The summed E-state index contributed by atoms with van der Waals surface area (Å²) in [6.07, 6.45) is 1.42. The molecule has 2 amide bonds. The van der Waals surface area contributed by atoms with Gasteiger partial charge in [0.15, 0.2) is 0 Å². The van der Waals surface area contributed by atoms with Crippen molar-refractivity contribution >= 4 is 62.8 Å². The summed E-state index contributed by atoms with van der Waals surface area (Å²) in [5.74, 6) is -1.79. The zero-order chi connectivity index (χ0) is 16.8. The van der Waals surface area contributed by atoms with Crippen molar-refractivity contribution in [1.29, 1.82) is 0 Å². The topological polar surface area (TPSA) is 70.6 Å². The van der Waals surface area contributed by atoms with Crippen molar-refractivity contribution in [2.75, 3.05) is 5.32 Å². The van der Waals surface area contributed by atoms with Gasteiger partial charge in [-0.2, -0.15) is 5.10 Å². The summed E-state index contributed by atoms with van der Waals surface area (Å²) in [7, 11) is 0. The van der Waals surface area contributed by atoms with Crippen LogP contribution in [0.15, 0.2) is 52.0 Å². The minimum Gasteiger partial charge on any atom is -0.318 e. The van der Waals surface area contributed by atoms with Gasteiger partial charge in [0.1, 0.15) is 0 Å². The van der Waals surface area contributed by atoms with Crippen LogP contribution in [0, 0.1) is 0 Å². The minimum absolute atomic E-state index is 0.318. The molecule has 0 saturated heterocycles. The van der Waals surface area contributed by atoms with Crippen molar-refractivity contribution in [1.82, 2.24) is 5.43 Å². The predicted octanol–water partition coefficient (Wildman–Crippen LogP) is 3.84. The Hall–Kier alpha value is -1.89. The molecule has 118 valence electrons. The van der Waals surface area contributed by atoms with Crippen molar-refractivity contribution in [3.8, 4) is 0 Å². The van der Waals surface area contributed by atoms with Crippen LogP contribution in [0.2, 0.25) is 10.0 Å². The normalized spacial score (nSPS) is 10.6. The second-order valence-corrected chi connectivity index (χ2v) is 6.15. The SMILES string of the molecule is O=C(N/N=C/c1cccc(Br)c1)C(=O)Nc1cc(Cl)cc(Cl)c1. The highest BCUT2D eigenvalue weighted by Crippen LogP contribution is 2.22. The van der Waals surface area contributed by atoms with E-state index in [1.54, 1.807) is 6.07 Å². The summed E-state index contributed by atoms with van der Waals surface area (Å²) in [6.45, 7) is 0. The summed E-state index contributed by atoms with van der Waals surface area (Å²) in [4.78, 5) is 23.4. The Kier molecular flexibility index (Phi) is 6.15. The number of amides is 2. The van der Waals surface area contributed by atoms with E-state index in [4.69, 9.17) is 23.2 Å². The van der Waals surface area contributed by atoms with Crippen LogP contribution in [-0.2, 0) is 9.59 Å². The highest BCUT2D eigenvalue weighted by Gasteiger charge is 2.13. The van der Waals surface area contributed by atoms with Gasteiger partial charge in [0, 0.05) is 20.2 Å². The predicted molar refractivity (Wildman–Crippen MR) is 95.0 cm³/mol. The van der Waals surface area contributed by atoms with Crippen molar-refractivity contribution in [3.63, 3.8) is 0 Å². The largest absolute Gasteiger partial charge is 0.329 e. The zero-order valence-corrected chi connectivity index (χ0v) is 14.6. The molecule has 8 heteroatoms. The molecule has 0 radical (unpaired) electrons. The summed E-state index contributed by atoms with van der Waals surface area (Å²) < 4.78 is 0.878. The van der Waals surface area contributed by atoms with E-state index in [1.165, 1.54) is 24.4 Å². The number of hydrogen-bond donors (Lipinski definition) is 2. The Morgan fingerprint density at radius 3 is 2.39 bits per heavy atom. The number of rotatable bonds is 3. The quantitative estimate of drug-likeness (QED) is 0.455. The van der Waals surface area contributed by atoms with Crippen molar-refractivity contribution in [2.24, 2.45) is 5.10 Å². The van der Waals surface area contributed by atoms with Crippen LogP contribution in [0.1, 0.15) is 5.56 Å². The van der Waals surface area contributed by atoms with Gasteiger partial charge in [-0.25, -0.2) is 5.43 Å². The van der Waals surface area contributed by atoms with Gasteiger partial charge in [0.25, 0.3) is 0 Å². The molecule has 0 heterocycles. The molecule has 2 aromatic carbocycles. The zero-order valence-electron chi connectivity index (χ0n) is 11.5. The monoisotopic (exact) mass is 413 g/mol. The van der Waals surface area contributed by atoms with Gasteiger partial charge in [-0.05, 0) is 35.9 Å². The Morgan fingerprint density at radius 1 is 1.04 bits per heavy atom. The molecular formula is C15H10BrCl2N3O2. The van der Waals surface area contributed by atoms with Gasteiger partial charge in [0.2, 0.25) is 0 Å². The van der Waals surface area contributed by atoms with Crippen LogP contribution in [0.5, 0.6) is 0 Å². The lowest BCUT2D eigenvalue weighted by molar-refractivity contribution is -0.136. The van der Waals surface area contributed by atoms with Crippen LogP contribution in [0.3, 0.4) is 0 Å². The summed E-state index contributed by atoms with van der Waals surface area (Å²) in [5, 5.41) is 6.80. The maximum atomic E-state index is 11.7. The highest BCUT2D eigenvalue weighted by molar-refractivity contribution is 9.10. The van der Waals surface area contributed by atoms with Gasteiger partial charge in [-0.3, -0.25) is 9.59 Å². The summed E-state index contributed by atoms with van der Waals surface area (Å²) in [5.41, 5.74) is 3.22. The fourth-order valence-electron chi connectivity index (χ4n) is 1.62. The molecule has 2 aromatic rings. The Labute approximate surface area is 150 Å². The third kappa shape index (κ3) is 5.67. The maximum Gasteiger partial charge on any atom is 0.329 e. The molecule has 0 bridgehead atoms. The van der Waals surface area contributed by atoms with Crippen LogP contribution in [-0.4, -0.2) is 18.0 Å². The lowest BCUT2D eigenvalue weighted by Crippen LogP contribution is -2.32. The number of hydrogen-bond acceptors (Lipinski definition) is 3. The molecule has 2 N–H and O–H groups in total. The Morgan fingerprint density at radius 2 is 1.74 bits per heavy atom. The first-order valence-electron chi connectivity index (χ1n) is 6.30. The minimum atomic E-state index is -0.910. The average Bonchev–Trinajstić information content (AvgIpc) is 2.46. The summed E-state index contributed by atoms with van der Waals surface area (Å²) >= 11 is 14.9. The highest BCUT2D eigenvalue weighted by atomic mass is 79.9. The average molecular weight is 415 g/mol. The van der Waals surface area contributed by atoms with Crippen LogP contribution in [0.4, 0.5) is 5.69 Å². The van der Waals surface area contributed by atoms with Gasteiger partial charge in [-0.1, -0.05) is 51.3 Å². The number of benzene rings is 2. The number of carbonyl (C=O) groups is 2. The van der Waals surface area contributed by atoms with E-state index in [9.17, 15) is 9.59 Å². The first kappa shape index (κ1) is 17.5. The van der Waals surface area contributed by atoms with Gasteiger partial charge >= 0.3 is 11.8 Å². The fourth-order valence-corrected chi connectivity index (χ4v) is 2.56. The molecule has 0 aliphatic carbocycles. The van der Waals surface area contributed by atoms with E-state index >= 15 is 0 Å². The Bertz CT molecular complexity index is 761. The van der Waals surface area contributed by atoms with E-state index in [0.29, 0.717) is 15.7 Å². The standard InChI is InChI=1S/C15H10BrCl2N3O2/c16-10-3-1-2-9(4-10)8-19-21-15(23)14(22)20-13-6-11(17)5-12(18)7-13/h1-8H,(H,20,22)(H,21,23)/b19-8+. The van der Waals surface area contributed by atoms with E-state index in [-0.39, 0.29) is 0 Å². The molecule has 0 atom stereocenters. The number of anilines is 1. The van der Waals surface area contributed by atoms with Gasteiger partial charge < -0.3 is 5.32 Å². The van der Waals surface area contributed by atoms with Crippen molar-refractivity contribution < 1.29 is 9.59 Å². The second-order valence-electron chi connectivity index (χ2n) is 4.37. The molecule has 0 aliphatic rings. The molecule has 23 heavy (non-hydrogen) atoms. The fraction of sp³-hybridized carbons (Fsp3) is 0. The molecule has 0 aromatic heterocycles. The van der Waals surface area contributed by atoms with Crippen LogP contribution in [0.25, 0.3) is 0 Å². The molecular weight excluding hydrogens is 405 g/mol. The first-order chi connectivity index (χ1) is 10.9. The van der Waals surface area contributed by atoms with E-state index in [0.717, 1.165) is 10.0 Å². The van der Waals surface area contributed by atoms with Gasteiger partial charge in [-0.15, -0.1) is 0 Å². The molecule has 2 rings (SSSR count). The van der Waals surface area contributed by atoms with Crippen molar-refractivity contribution in [2.45, 2.75) is 0 Å². The van der Waals surface area contributed by atoms with Crippen molar-refractivity contribution in [3.05, 3.63) is 62.5 Å². The van der Waals surface area contributed by atoms with E-state index in [2.05, 4.69) is 31.8 Å². The van der Waals surface area contributed by atoms with Crippen LogP contribution < -0.4 is 10.7 Å². The van der Waals surface area contributed by atoms with E-state index < -0.39 is 11.8 Å². The lowest BCUT2D eigenvalue weighted by Gasteiger charge is -2.05. The number of carbonyl (C=O) groups excluding carboxylic acids is 2. The number of nitrogens with zero attached hydrogens (tertiary/aromatic N) is 1. The smallest absolute Gasteiger partial charge is 0.318 e. The van der Waals surface area contributed by atoms with Crippen LogP contribution >= 0.6 is 39.1 Å². The van der Waals surface area contributed by atoms with E-state index in [1.807, 2.05) is 18.2 Å². The lowest BCUT2D eigenvalue weighted by atomic mass is 10.2. The second kappa shape index (κ2) is 8.10. The molecule has 0 spiro atoms. The summed E-state index contributed by atoms with van der Waals surface area (Å²) in [6, 6.07) is 11.8. The third-order valence-electron chi connectivity index (χ3n) is 2.56. The number of nitrogens with one attached hydrogen (secondary N) is 2. The molecule has 5 nitrogen and oxygen atoms in total.